The molecule has 0 spiro atoms. The number of carbonyl (C=O) groups excluding carboxylic acids is 2. The molecule has 9 heteroatoms. The van der Waals surface area contributed by atoms with Crippen LogP contribution in [0.2, 0.25) is 0 Å². The van der Waals surface area contributed by atoms with Crippen LogP contribution in [0.1, 0.15) is 16.7 Å². The number of benzene rings is 2. The summed E-state index contributed by atoms with van der Waals surface area (Å²) < 4.78 is 38.4. The molecule has 0 fully saturated rings. The summed E-state index contributed by atoms with van der Waals surface area (Å²) in [6.45, 7) is 1.64. The van der Waals surface area contributed by atoms with Gasteiger partial charge in [-0.05, 0) is 48.4 Å². The lowest BCUT2D eigenvalue weighted by Crippen LogP contribution is -2.39. The number of alkyl halides is 3. The third kappa shape index (κ3) is 6.59. The molecule has 5 nitrogen and oxygen atoms in total. The molecule has 27 heavy (non-hydrogen) atoms. The van der Waals surface area contributed by atoms with Crippen LogP contribution in [0.4, 0.5) is 23.7 Å². The summed E-state index contributed by atoms with van der Waals surface area (Å²) in [6, 6.07) is 9.23. The highest BCUT2D eigenvalue weighted by Gasteiger charge is 2.29. The van der Waals surface area contributed by atoms with Crippen molar-refractivity contribution < 1.29 is 22.8 Å². The molecule has 0 saturated heterocycles. The van der Waals surface area contributed by atoms with Gasteiger partial charge in [0, 0.05) is 16.7 Å². The molecule has 2 rings (SSSR count). The highest BCUT2D eigenvalue weighted by molar-refractivity contribution is 9.10. The van der Waals surface area contributed by atoms with Crippen LogP contribution in [-0.4, -0.2) is 18.5 Å². The van der Waals surface area contributed by atoms with Gasteiger partial charge < -0.3 is 16.0 Å². The summed E-state index contributed by atoms with van der Waals surface area (Å²) in [5.41, 5.74) is 1.25. The van der Waals surface area contributed by atoms with E-state index < -0.39 is 23.7 Å². The highest BCUT2D eigenvalue weighted by Crippen LogP contribution is 2.29. The first-order valence-corrected chi connectivity index (χ1v) is 8.68. The van der Waals surface area contributed by atoms with E-state index in [-0.39, 0.29) is 13.1 Å². The van der Waals surface area contributed by atoms with Crippen molar-refractivity contribution >= 4 is 33.6 Å². The molecule has 0 aromatic heterocycles. The van der Waals surface area contributed by atoms with Gasteiger partial charge in [-0.25, -0.2) is 4.79 Å². The number of nitrogens with one attached hydrogen (secondary N) is 3. The zero-order valence-electron chi connectivity index (χ0n) is 14.3. The molecule has 0 aliphatic carbocycles. The summed E-state index contributed by atoms with van der Waals surface area (Å²) in [7, 11) is 0. The number of aryl methyl sites for hydroxylation is 1. The van der Waals surface area contributed by atoms with Gasteiger partial charge >= 0.3 is 12.2 Å². The first-order valence-electron chi connectivity index (χ1n) is 7.89. The Morgan fingerprint density at radius 3 is 2.30 bits per heavy atom. The van der Waals surface area contributed by atoms with Crippen LogP contribution in [0.3, 0.4) is 0 Å². The SMILES string of the molecule is Cc1cc(Br)ccc1NC(=O)CNC(=O)NCc1ccc(C(F)(F)F)cc1. The Labute approximate surface area is 162 Å². The number of anilines is 1. The fourth-order valence-electron chi connectivity index (χ4n) is 2.18. The van der Waals surface area contributed by atoms with Gasteiger partial charge in [0.1, 0.15) is 0 Å². The molecule has 0 heterocycles. The summed E-state index contributed by atoms with van der Waals surface area (Å²) in [5, 5.41) is 7.54. The Hall–Kier alpha value is -2.55. The third-order valence-electron chi connectivity index (χ3n) is 3.61. The standard InChI is InChI=1S/C18H17BrF3N3O2/c1-11-8-14(19)6-7-15(11)25-16(26)10-24-17(27)23-9-12-2-4-13(5-3-12)18(20,21)22/h2-8H,9-10H2,1H3,(H,25,26)(H2,23,24,27). The van der Waals surface area contributed by atoms with Gasteiger partial charge in [-0.15, -0.1) is 0 Å². The molecule has 0 saturated carbocycles. The van der Waals surface area contributed by atoms with Crippen molar-refractivity contribution in [2.24, 2.45) is 0 Å². The number of hydrogen-bond donors (Lipinski definition) is 3. The third-order valence-corrected chi connectivity index (χ3v) is 4.10. The maximum absolute atomic E-state index is 12.5. The van der Waals surface area contributed by atoms with Crippen molar-refractivity contribution in [1.82, 2.24) is 10.6 Å². The predicted molar refractivity (Wildman–Crippen MR) is 99.2 cm³/mol. The summed E-state index contributed by atoms with van der Waals surface area (Å²) in [4.78, 5) is 23.6. The Morgan fingerprint density at radius 2 is 1.70 bits per heavy atom. The van der Waals surface area contributed by atoms with Crippen LogP contribution >= 0.6 is 15.9 Å². The van der Waals surface area contributed by atoms with Gasteiger partial charge in [0.2, 0.25) is 5.91 Å². The molecule has 2 aromatic rings. The van der Waals surface area contributed by atoms with E-state index in [0.29, 0.717) is 11.3 Å². The van der Waals surface area contributed by atoms with E-state index in [1.165, 1.54) is 12.1 Å². The van der Waals surface area contributed by atoms with Crippen LogP contribution in [0.25, 0.3) is 0 Å². The quantitative estimate of drug-likeness (QED) is 0.647. The Kier molecular flexibility index (Phi) is 6.84. The molecule has 0 aliphatic rings. The van der Waals surface area contributed by atoms with Crippen LogP contribution < -0.4 is 16.0 Å². The van der Waals surface area contributed by atoms with Gasteiger partial charge in [-0.3, -0.25) is 4.79 Å². The molecule has 3 N–H and O–H groups in total. The van der Waals surface area contributed by atoms with Crippen molar-refractivity contribution in [1.29, 1.82) is 0 Å². The number of rotatable bonds is 5. The van der Waals surface area contributed by atoms with E-state index in [1.54, 1.807) is 12.1 Å². The number of amides is 3. The maximum atomic E-state index is 12.5. The summed E-state index contributed by atoms with van der Waals surface area (Å²) in [5.74, 6) is -0.398. The summed E-state index contributed by atoms with van der Waals surface area (Å²) in [6.07, 6.45) is -4.40. The fraction of sp³-hybridized carbons (Fsp3) is 0.222. The van der Waals surface area contributed by atoms with E-state index >= 15 is 0 Å². The number of carbonyl (C=O) groups is 2. The second-order valence-corrected chi connectivity index (χ2v) is 6.65. The zero-order chi connectivity index (χ0) is 20.0. The monoisotopic (exact) mass is 443 g/mol. The minimum absolute atomic E-state index is 0.0391. The van der Waals surface area contributed by atoms with E-state index in [4.69, 9.17) is 0 Å². The molecule has 0 aliphatic heterocycles. The average Bonchev–Trinajstić information content (AvgIpc) is 2.60. The lowest BCUT2D eigenvalue weighted by molar-refractivity contribution is -0.137. The van der Waals surface area contributed by atoms with Crippen molar-refractivity contribution in [3.63, 3.8) is 0 Å². The van der Waals surface area contributed by atoms with Gasteiger partial charge in [-0.2, -0.15) is 13.2 Å². The van der Waals surface area contributed by atoms with Gasteiger partial charge in [-0.1, -0.05) is 28.1 Å². The summed E-state index contributed by atoms with van der Waals surface area (Å²) >= 11 is 3.33. The first kappa shape index (κ1) is 20.8. The van der Waals surface area contributed by atoms with Crippen LogP contribution in [0.15, 0.2) is 46.9 Å². The van der Waals surface area contributed by atoms with Gasteiger partial charge in [0.25, 0.3) is 0 Å². The second-order valence-electron chi connectivity index (χ2n) is 5.74. The number of hydrogen-bond acceptors (Lipinski definition) is 2. The molecule has 144 valence electrons. The molecule has 0 unspecified atom stereocenters. The second kappa shape index (κ2) is 8.90. The Balaban J connectivity index is 1.76. The fourth-order valence-corrected chi connectivity index (χ4v) is 2.65. The number of urea groups is 1. The van der Waals surface area contributed by atoms with E-state index in [0.717, 1.165) is 22.2 Å². The van der Waals surface area contributed by atoms with Crippen LogP contribution in [0.5, 0.6) is 0 Å². The van der Waals surface area contributed by atoms with Crippen molar-refractivity contribution in [3.8, 4) is 0 Å². The number of halogens is 4. The van der Waals surface area contributed by atoms with Gasteiger partial charge in [0.15, 0.2) is 0 Å². The smallest absolute Gasteiger partial charge is 0.334 e. The van der Waals surface area contributed by atoms with E-state index in [2.05, 4.69) is 31.9 Å². The Morgan fingerprint density at radius 1 is 1.04 bits per heavy atom. The van der Waals surface area contributed by atoms with Crippen molar-refractivity contribution in [2.45, 2.75) is 19.6 Å². The molecular weight excluding hydrogens is 427 g/mol. The van der Waals surface area contributed by atoms with E-state index in [1.807, 2.05) is 13.0 Å². The van der Waals surface area contributed by atoms with Crippen molar-refractivity contribution in [3.05, 3.63) is 63.6 Å². The first-order chi connectivity index (χ1) is 12.6. The molecule has 3 amide bonds. The Bertz CT molecular complexity index is 824. The van der Waals surface area contributed by atoms with Crippen LogP contribution in [0, 0.1) is 6.92 Å². The molecule has 0 bridgehead atoms. The zero-order valence-corrected chi connectivity index (χ0v) is 15.9. The lowest BCUT2D eigenvalue weighted by atomic mass is 10.1. The van der Waals surface area contributed by atoms with Gasteiger partial charge in [0.05, 0.1) is 12.1 Å². The normalized spacial score (nSPS) is 11.0. The maximum Gasteiger partial charge on any atom is 0.416 e. The highest BCUT2D eigenvalue weighted by atomic mass is 79.9. The average molecular weight is 444 g/mol. The van der Waals surface area contributed by atoms with E-state index in [9.17, 15) is 22.8 Å². The minimum atomic E-state index is -4.40. The largest absolute Gasteiger partial charge is 0.416 e. The molecular formula is C18H17BrF3N3O2. The topological polar surface area (TPSA) is 70.2 Å². The molecule has 0 atom stereocenters. The predicted octanol–water partition coefficient (Wildman–Crippen LogP) is 4.21. The lowest BCUT2D eigenvalue weighted by Gasteiger charge is -2.11. The van der Waals surface area contributed by atoms with Crippen molar-refractivity contribution in [2.75, 3.05) is 11.9 Å². The molecule has 2 aromatic carbocycles. The van der Waals surface area contributed by atoms with Crippen LogP contribution in [-0.2, 0) is 17.5 Å². The minimum Gasteiger partial charge on any atom is -0.334 e. The molecule has 0 radical (unpaired) electrons.